The summed E-state index contributed by atoms with van der Waals surface area (Å²) in [6.45, 7) is 11.6. The molecule has 19 heavy (non-hydrogen) atoms. The summed E-state index contributed by atoms with van der Waals surface area (Å²) in [7, 11) is 2.19. The zero-order chi connectivity index (χ0) is 14.7. The van der Waals surface area contributed by atoms with Gasteiger partial charge in [-0.15, -0.1) is 0 Å². The first kappa shape index (κ1) is 16.9. The van der Waals surface area contributed by atoms with Gasteiger partial charge in [-0.1, -0.05) is 0 Å². The van der Waals surface area contributed by atoms with Crippen molar-refractivity contribution in [2.45, 2.75) is 39.1 Å². The largest absolute Gasteiger partial charge is 0.388 e. The Hall–Kier alpha value is -0.200. The van der Waals surface area contributed by atoms with E-state index in [2.05, 4.69) is 7.05 Å². The highest BCUT2D eigenvalue weighted by Gasteiger charge is 2.41. The molecule has 1 aliphatic heterocycles. The van der Waals surface area contributed by atoms with Crippen LogP contribution in [0, 0.1) is 0 Å². The van der Waals surface area contributed by atoms with Crippen molar-refractivity contribution < 1.29 is 24.3 Å². The summed E-state index contributed by atoms with van der Waals surface area (Å²) in [5, 5.41) is 29.0. The van der Waals surface area contributed by atoms with Gasteiger partial charge >= 0.3 is 0 Å². The molecular formula is C14H32N2O3+2. The Kier molecular flexibility index (Phi) is 5.77. The first-order valence-corrected chi connectivity index (χ1v) is 7.39. The van der Waals surface area contributed by atoms with Gasteiger partial charge in [0.05, 0.1) is 7.05 Å². The average Bonchev–Trinajstić information content (AvgIpc) is 2.20. The summed E-state index contributed by atoms with van der Waals surface area (Å²) in [6, 6.07) is 0. The smallest absolute Gasteiger partial charge is 0.129 e. The van der Waals surface area contributed by atoms with E-state index in [0.717, 1.165) is 41.7 Å². The van der Waals surface area contributed by atoms with Gasteiger partial charge in [0.15, 0.2) is 0 Å². The standard InChI is InChI=1S/C14H32N2O3/c1-12(17)9-15(4)5-7-16(8-6-15,10-13(2)18)11-14(3)19/h12-14,17-19H,5-11H2,1-4H3/q+2. The van der Waals surface area contributed by atoms with Gasteiger partial charge in [0, 0.05) is 0 Å². The van der Waals surface area contributed by atoms with Gasteiger partial charge in [-0.25, -0.2) is 0 Å². The molecule has 1 rings (SSSR count). The van der Waals surface area contributed by atoms with Gasteiger partial charge in [-0.2, -0.15) is 0 Å². The van der Waals surface area contributed by atoms with Crippen molar-refractivity contribution in [2.24, 2.45) is 0 Å². The number of piperazine rings is 1. The molecule has 114 valence electrons. The second-order valence-corrected chi connectivity index (χ2v) is 6.95. The van der Waals surface area contributed by atoms with Crippen LogP contribution in [0.4, 0.5) is 0 Å². The number of hydrogen-bond acceptors (Lipinski definition) is 3. The molecule has 0 aromatic heterocycles. The van der Waals surface area contributed by atoms with Gasteiger partial charge in [-0.05, 0) is 20.8 Å². The lowest BCUT2D eigenvalue weighted by Crippen LogP contribution is -2.68. The summed E-state index contributed by atoms with van der Waals surface area (Å²) >= 11 is 0. The van der Waals surface area contributed by atoms with Gasteiger partial charge in [0.1, 0.15) is 64.1 Å². The summed E-state index contributed by atoms with van der Waals surface area (Å²) < 4.78 is 1.68. The van der Waals surface area contributed by atoms with Crippen LogP contribution in [0.2, 0.25) is 0 Å². The minimum absolute atomic E-state index is 0.279. The molecule has 0 aromatic rings. The van der Waals surface area contributed by atoms with Crippen LogP contribution in [0.3, 0.4) is 0 Å². The minimum atomic E-state index is -0.340. The van der Waals surface area contributed by atoms with E-state index in [-0.39, 0.29) is 18.3 Å². The average molecular weight is 276 g/mol. The lowest BCUT2D eigenvalue weighted by Gasteiger charge is -2.49. The molecule has 1 aliphatic rings. The zero-order valence-electron chi connectivity index (χ0n) is 12.9. The quantitative estimate of drug-likeness (QED) is 0.568. The molecule has 0 aliphatic carbocycles. The van der Waals surface area contributed by atoms with Crippen molar-refractivity contribution in [1.82, 2.24) is 0 Å². The zero-order valence-corrected chi connectivity index (χ0v) is 12.9. The maximum Gasteiger partial charge on any atom is 0.129 e. The van der Waals surface area contributed by atoms with Crippen LogP contribution in [0.1, 0.15) is 20.8 Å². The van der Waals surface area contributed by atoms with Gasteiger partial charge in [0.2, 0.25) is 0 Å². The normalized spacial score (nSPS) is 36.8. The van der Waals surface area contributed by atoms with Crippen LogP contribution in [-0.2, 0) is 0 Å². The number of rotatable bonds is 6. The molecule has 1 heterocycles. The highest BCUT2D eigenvalue weighted by Crippen LogP contribution is 2.20. The topological polar surface area (TPSA) is 60.7 Å². The SMILES string of the molecule is CC(O)C[N+]1(C)CC[N+](CC(C)O)(CC(C)O)CC1. The third kappa shape index (κ3) is 5.36. The van der Waals surface area contributed by atoms with Crippen molar-refractivity contribution >= 4 is 0 Å². The molecule has 5 nitrogen and oxygen atoms in total. The summed E-state index contributed by atoms with van der Waals surface area (Å²) in [5.74, 6) is 0. The predicted octanol–water partition coefficient (Wildman–Crippen LogP) is -0.594. The number of aliphatic hydroxyl groups excluding tert-OH is 3. The number of likely N-dealkylation sites (N-methyl/N-ethyl adjacent to an activating group) is 1. The maximum absolute atomic E-state index is 9.72. The third-order valence-corrected chi connectivity index (χ3v) is 4.24. The number of quaternary nitrogens is 2. The highest BCUT2D eigenvalue weighted by atomic mass is 16.3. The van der Waals surface area contributed by atoms with E-state index in [4.69, 9.17) is 0 Å². The number of hydrogen-bond donors (Lipinski definition) is 3. The fraction of sp³-hybridized carbons (Fsp3) is 1.00. The molecule has 0 amide bonds. The fourth-order valence-electron chi connectivity index (χ4n) is 3.51. The molecule has 0 radical (unpaired) electrons. The molecule has 0 saturated carbocycles. The lowest BCUT2D eigenvalue weighted by molar-refractivity contribution is -1.03. The Morgan fingerprint density at radius 2 is 1.11 bits per heavy atom. The first-order chi connectivity index (χ1) is 8.66. The first-order valence-electron chi connectivity index (χ1n) is 7.39. The van der Waals surface area contributed by atoms with Crippen LogP contribution in [0.25, 0.3) is 0 Å². The molecular weight excluding hydrogens is 244 g/mol. The van der Waals surface area contributed by atoms with Crippen LogP contribution >= 0.6 is 0 Å². The van der Waals surface area contributed by atoms with Gasteiger partial charge in [0.25, 0.3) is 0 Å². The number of nitrogens with zero attached hydrogens (tertiary/aromatic N) is 2. The van der Waals surface area contributed by atoms with E-state index in [9.17, 15) is 15.3 Å². The fourth-order valence-corrected chi connectivity index (χ4v) is 3.51. The molecule has 3 atom stereocenters. The molecule has 3 N–H and O–H groups in total. The van der Waals surface area contributed by atoms with E-state index < -0.39 is 0 Å². The molecule has 1 fully saturated rings. The Morgan fingerprint density at radius 3 is 1.42 bits per heavy atom. The van der Waals surface area contributed by atoms with Crippen molar-refractivity contribution in [1.29, 1.82) is 0 Å². The third-order valence-electron chi connectivity index (χ3n) is 4.24. The van der Waals surface area contributed by atoms with E-state index in [1.165, 1.54) is 0 Å². The highest BCUT2D eigenvalue weighted by molar-refractivity contribution is 4.60. The van der Waals surface area contributed by atoms with E-state index in [1.54, 1.807) is 0 Å². The molecule has 3 unspecified atom stereocenters. The van der Waals surface area contributed by atoms with E-state index in [0.29, 0.717) is 13.1 Å². The van der Waals surface area contributed by atoms with Crippen molar-refractivity contribution in [2.75, 3.05) is 52.9 Å². The number of aliphatic hydroxyl groups is 3. The van der Waals surface area contributed by atoms with Gasteiger partial charge < -0.3 is 24.3 Å². The minimum Gasteiger partial charge on any atom is -0.388 e. The second-order valence-electron chi connectivity index (χ2n) is 6.95. The maximum atomic E-state index is 9.72. The molecule has 5 heteroatoms. The van der Waals surface area contributed by atoms with E-state index >= 15 is 0 Å². The van der Waals surface area contributed by atoms with Crippen molar-refractivity contribution in [3.63, 3.8) is 0 Å². The summed E-state index contributed by atoms with van der Waals surface area (Å²) in [5.41, 5.74) is 0. The van der Waals surface area contributed by atoms with Crippen LogP contribution in [-0.4, -0.2) is 95.5 Å². The Bertz CT molecular complexity index is 260. The van der Waals surface area contributed by atoms with Crippen molar-refractivity contribution in [3.8, 4) is 0 Å². The Morgan fingerprint density at radius 1 is 0.737 bits per heavy atom. The van der Waals surface area contributed by atoms with E-state index in [1.807, 2.05) is 20.8 Å². The molecule has 0 bridgehead atoms. The molecule has 0 aromatic carbocycles. The monoisotopic (exact) mass is 276 g/mol. The van der Waals surface area contributed by atoms with Crippen LogP contribution < -0.4 is 0 Å². The Labute approximate surface area is 117 Å². The van der Waals surface area contributed by atoms with Crippen LogP contribution in [0.5, 0.6) is 0 Å². The molecule has 1 saturated heterocycles. The van der Waals surface area contributed by atoms with Crippen LogP contribution in [0.15, 0.2) is 0 Å². The Balaban J connectivity index is 2.68. The van der Waals surface area contributed by atoms with Crippen molar-refractivity contribution in [3.05, 3.63) is 0 Å². The lowest BCUT2D eigenvalue weighted by atomic mass is 10.1. The molecule has 0 spiro atoms. The van der Waals surface area contributed by atoms with Gasteiger partial charge in [-0.3, -0.25) is 0 Å². The summed E-state index contributed by atoms with van der Waals surface area (Å²) in [4.78, 5) is 0. The second kappa shape index (κ2) is 6.50. The predicted molar refractivity (Wildman–Crippen MR) is 75.6 cm³/mol. The summed E-state index contributed by atoms with van der Waals surface area (Å²) in [6.07, 6.45) is -0.960.